The van der Waals surface area contributed by atoms with Crippen molar-refractivity contribution in [2.45, 2.75) is 50.9 Å². The maximum absolute atomic E-state index is 11.6. The number of esters is 1. The first kappa shape index (κ1) is 15.8. The van der Waals surface area contributed by atoms with Gasteiger partial charge in [0.25, 0.3) is 0 Å². The molecule has 0 aromatic heterocycles. The van der Waals surface area contributed by atoms with Crippen LogP contribution in [0.4, 0.5) is 0 Å². The van der Waals surface area contributed by atoms with Crippen LogP contribution in [0.1, 0.15) is 39.5 Å². The number of unbranched alkanes of at least 4 members (excludes halogenated alkanes) is 3. The Balaban J connectivity index is 2.38. The van der Waals surface area contributed by atoms with Gasteiger partial charge < -0.3 is 4.74 Å². The Kier molecular flexibility index (Phi) is 6.49. The van der Waals surface area contributed by atoms with Crippen LogP contribution in [0.3, 0.4) is 0 Å². The first-order valence-electron chi connectivity index (χ1n) is 6.44. The molecule has 6 heteroatoms. The van der Waals surface area contributed by atoms with Crippen LogP contribution in [-0.2, 0) is 19.4 Å². The summed E-state index contributed by atoms with van der Waals surface area (Å²) >= 11 is 1.63. The number of carbonyl (C=O) groups is 1. The molecule has 0 unspecified atom stereocenters. The molecule has 1 heterocycles. The van der Waals surface area contributed by atoms with Crippen LogP contribution in [-0.4, -0.2) is 43.0 Å². The Morgan fingerprint density at radius 3 is 2.61 bits per heavy atom. The average molecular weight is 294 g/mol. The fourth-order valence-electron chi connectivity index (χ4n) is 2.03. The third kappa shape index (κ3) is 5.61. The second kappa shape index (κ2) is 7.38. The Bertz CT molecular complexity index is 364. The van der Waals surface area contributed by atoms with Crippen LogP contribution >= 0.6 is 11.8 Å². The van der Waals surface area contributed by atoms with Gasteiger partial charge >= 0.3 is 5.97 Å². The number of ether oxygens (including phenoxy) is 1. The first-order chi connectivity index (χ1) is 8.44. The van der Waals surface area contributed by atoms with Crippen molar-refractivity contribution in [1.29, 1.82) is 0 Å². The quantitative estimate of drug-likeness (QED) is 0.531. The van der Waals surface area contributed by atoms with Crippen molar-refractivity contribution in [3.8, 4) is 0 Å². The first-order valence-corrected chi connectivity index (χ1v) is 9.31. The predicted octanol–water partition coefficient (Wildman–Crippen LogP) is 2.03. The van der Waals surface area contributed by atoms with E-state index >= 15 is 0 Å². The third-order valence-corrected chi connectivity index (χ3v) is 6.24. The normalized spacial score (nSPS) is 26.1. The number of rotatable bonds is 7. The van der Waals surface area contributed by atoms with E-state index in [4.69, 9.17) is 4.74 Å². The van der Waals surface area contributed by atoms with Crippen molar-refractivity contribution in [3.05, 3.63) is 0 Å². The molecule has 0 spiro atoms. The summed E-state index contributed by atoms with van der Waals surface area (Å²) in [4.78, 5) is 10.9. The summed E-state index contributed by atoms with van der Waals surface area (Å²) < 4.78 is 28.2. The van der Waals surface area contributed by atoms with Gasteiger partial charge in [-0.3, -0.25) is 4.79 Å². The Hall–Kier alpha value is -0.230. The smallest absolute Gasteiger partial charge is 0.302 e. The number of hydrogen-bond acceptors (Lipinski definition) is 5. The lowest BCUT2D eigenvalue weighted by Gasteiger charge is -2.17. The van der Waals surface area contributed by atoms with Crippen molar-refractivity contribution in [2.24, 2.45) is 0 Å². The maximum Gasteiger partial charge on any atom is 0.302 e. The van der Waals surface area contributed by atoms with E-state index in [2.05, 4.69) is 6.92 Å². The molecule has 1 aliphatic heterocycles. The molecule has 0 saturated carbocycles. The zero-order valence-corrected chi connectivity index (χ0v) is 12.7. The molecule has 0 bridgehead atoms. The minimum absolute atomic E-state index is 0.0147. The van der Waals surface area contributed by atoms with E-state index in [1.807, 2.05) is 0 Å². The fourth-order valence-corrected chi connectivity index (χ4v) is 5.85. The maximum atomic E-state index is 11.6. The number of thioether (sulfide) groups is 1. The van der Waals surface area contributed by atoms with Crippen LogP contribution < -0.4 is 0 Å². The molecule has 106 valence electrons. The van der Waals surface area contributed by atoms with Gasteiger partial charge in [-0.05, 0) is 12.2 Å². The minimum Gasteiger partial charge on any atom is -0.460 e. The van der Waals surface area contributed by atoms with E-state index in [1.54, 1.807) is 11.8 Å². The zero-order valence-electron chi connectivity index (χ0n) is 11.1. The van der Waals surface area contributed by atoms with Gasteiger partial charge in [0.2, 0.25) is 0 Å². The van der Waals surface area contributed by atoms with Gasteiger partial charge in [-0.25, -0.2) is 8.42 Å². The Labute approximate surface area is 114 Å². The summed E-state index contributed by atoms with van der Waals surface area (Å²) in [6.07, 6.45) is 4.24. The van der Waals surface area contributed by atoms with Gasteiger partial charge in [-0.1, -0.05) is 26.2 Å². The summed E-state index contributed by atoms with van der Waals surface area (Å²) in [5.74, 6) is 0.675. The van der Waals surface area contributed by atoms with Gasteiger partial charge in [0.15, 0.2) is 9.84 Å². The lowest BCUT2D eigenvalue weighted by atomic mass is 10.2. The fraction of sp³-hybridized carbons (Fsp3) is 0.917. The topological polar surface area (TPSA) is 60.4 Å². The van der Waals surface area contributed by atoms with Crippen molar-refractivity contribution in [2.75, 3.05) is 17.3 Å². The minimum atomic E-state index is -3.04. The molecule has 4 nitrogen and oxygen atoms in total. The van der Waals surface area contributed by atoms with Crippen molar-refractivity contribution < 1.29 is 17.9 Å². The molecule has 0 N–H and O–H groups in total. The summed E-state index contributed by atoms with van der Waals surface area (Å²) in [7, 11) is -3.04. The summed E-state index contributed by atoms with van der Waals surface area (Å²) in [5, 5.41) is -0.0828. The predicted molar refractivity (Wildman–Crippen MR) is 74.6 cm³/mol. The van der Waals surface area contributed by atoms with Crippen molar-refractivity contribution >= 4 is 27.6 Å². The highest BCUT2D eigenvalue weighted by atomic mass is 32.2. The second-order valence-electron chi connectivity index (χ2n) is 4.69. The average Bonchev–Trinajstić information content (AvgIpc) is 2.52. The van der Waals surface area contributed by atoms with Gasteiger partial charge in [-0.15, -0.1) is 0 Å². The van der Waals surface area contributed by atoms with Crippen LogP contribution in [0.25, 0.3) is 0 Å². The van der Waals surface area contributed by atoms with Gasteiger partial charge in [-0.2, -0.15) is 11.8 Å². The molecule has 0 aromatic rings. The molecule has 1 saturated heterocycles. The van der Waals surface area contributed by atoms with E-state index in [9.17, 15) is 13.2 Å². The molecule has 0 amide bonds. The zero-order chi connectivity index (χ0) is 13.6. The summed E-state index contributed by atoms with van der Waals surface area (Å²) in [6, 6.07) is 0. The Morgan fingerprint density at radius 2 is 2.00 bits per heavy atom. The van der Waals surface area contributed by atoms with Crippen molar-refractivity contribution in [1.82, 2.24) is 0 Å². The standard InChI is InChI=1S/C12H22O4S2/c1-3-4-5-6-7-17-12-9-18(14,15)8-11(12)16-10(2)13/h11-12H,3-9H2,1-2H3/t11-,12+/m1/s1. The molecular formula is C12H22O4S2. The molecule has 1 aliphatic rings. The lowest BCUT2D eigenvalue weighted by Crippen LogP contribution is -2.27. The molecule has 0 radical (unpaired) electrons. The van der Waals surface area contributed by atoms with Crippen molar-refractivity contribution in [3.63, 3.8) is 0 Å². The molecule has 18 heavy (non-hydrogen) atoms. The number of carbonyl (C=O) groups excluding carboxylic acids is 1. The molecule has 1 fully saturated rings. The van der Waals surface area contributed by atoms with Crippen LogP contribution in [0.15, 0.2) is 0 Å². The number of hydrogen-bond donors (Lipinski definition) is 0. The van der Waals surface area contributed by atoms with E-state index in [-0.39, 0.29) is 16.8 Å². The molecular weight excluding hydrogens is 272 g/mol. The molecule has 1 rings (SSSR count). The van der Waals surface area contributed by atoms with E-state index in [1.165, 1.54) is 26.2 Å². The van der Waals surface area contributed by atoms with Crippen LogP contribution in [0.5, 0.6) is 0 Å². The second-order valence-corrected chi connectivity index (χ2v) is 8.20. The van der Waals surface area contributed by atoms with Crippen LogP contribution in [0, 0.1) is 0 Å². The third-order valence-electron chi connectivity index (χ3n) is 2.90. The molecule has 2 atom stereocenters. The monoisotopic (exact) mass is 294 g/mol. The van der Waals surface area contributed by atoms with Gasteiger partial charge in [0.1, 0.15) is 6.10 Å². The number of sulfone groups is 1. The summed E-state index contributed by atoms with van der Waals surface area (Å²) in [5.41, 5.74) is 0. The highest BCUT2D eigenvalue weighted by Gasteiger charge is 2.39. The van der Waals surface area contributed by atoms with E-state index in [0.29, 0.717) is 0 Å². The van der Waals surface area contributed by atoms with E-state index in [0.717, 1.165) is 12.2 Å². The summed E-state index contributed by atoms with van der Waals surface area (Å²) in [6.45, 7) is 3.49. The van der Waals surface area contributed by atoms with Gasteiger partial charge in [0, 0.05) is 6.92 Å². The van der Waals surface area contributed by atoms with Gasteiger partial charge in [0.05, 0.1) is 16.8 Å². The van der Waals surface area contributed by atoms with E-state index < -0.39 is 21.9 Å². The highest BCUT2D eigenvalue weighted by molar-refractivity contribution is 8.01. The lowest BCUT2D eigenvalue weighted by molar-refractivity contribution is -0.144. The molecule has 0 aliphatic carbocycles. The SMILES string of the molecule is CCCCCCS[C@H]1CS(=O)(=O)C[C@H]1OC(C)=O. The Morgan fingerprint density at radius 1 is 1.28 bits per heavy atom. The highest BCUT2D eigenvalue weighted by Crippen LogP contribution is 2.28. The largest absolute Gasteiger partial charge is 0.460 e. The molecule has 0 aromatic carbocycles. The van der Waals surface area contributed by atoms with Crippen LogP contribution in [0.2, 0.25) is 0 Å².